The molecule has 0 aromatic heterocycles. The molecule has 6 heteroatoms. The van der Waals surface area contributed by atoms with Crippen molar-refractivity contribution >= 4 is 23.2 Å². The molecule has 0 spiro atoms. The fourth-order valence-corrected chi connectivity index (χ4v) is 2.95. The van der Waals surface area contributed by atoms with E-state index in [1.807, 2.05) is 4.90 Å². The second-order valence-electron chi connectivity index (χ2n) is 6.32. The van der Waals surface area contributed by atoms with Crippen molar-refractivity contribution in [2.24, 2.45) is 0 Å². The zero-order valence-electron chi connectivity index (χ0n) is 13.0. The summed E-state index contributed by atoms with van der Waals surface area (Å²) in [5.74, 6) is 0.308. The summed E-state index contributed by atoms with van der Waals surface area (Å²) in [5.41, 5.74) is 5.95. The van der Waals surface area contributed by atoms with E-state index in [0.717, 1.165) is 25.9 Å². The summed E-state index contributed by atoms with van der Waals surface area (Å²) in [6.07, 6.45) is 2.06. The fraction of sp³-hybridized carbons (Fsp3) is 0.500. The molecule has 0 unspecified atom stereocenters. The number of hydrogen-bond acceptors (Lipinski definition) is 4. The van der Waals surface area contributed by atoms with Crippen LogP contribution in [0, 0.1) is 0 Å². The molecule has 2 aliphatic rings. The molecule has 2 heterocycles. The first kappa shape index (κ1) is 14.7. The molecule has 2 aliphatic heterocycles. The minimum Gasteiger partial charge on any atom is -0.476 e. The minimum absolute atomic E-state index is 0.0219. The van der Waals surface area contributed by atoms with Crippen LogP contribution in [-0.2, 0) is 9.59 Å². The van der Waals surface area contributed by atoms with Crippen molar-refractivity contribution in [2.45, 2.75) is 32.3 Å². The number of carbonyl (C=O) groups is 2. The minimum atomic E-state index is -1.01. The Labute approximate surface area is 129 Å². The highest BCUT2D eigenvalue weighted by atomic mass is 16.5. The van der Waals surface area contributed by atoms with Gasteiger partial charge in [0.2, 0.25) is 5.91 Å². The molecule has 1 saturated heterocycles. The van der Waals surface area contributed by atoms with E-state index >= 15 is 0 Å². The van der Waals surface area contributed by atoms with E-state index in [0.29, 0.717) is 17.1 Å². The van der Waals surface area contributed by atoms with Gasteiger partial charge in [-0.1, -0.05) is 0 Å². The molecular weight excluding hydrogens is 282 g/mol. The summed E-state index contributed by atoms with van der Waals surface area (Å²) in [6.45, 7) is 5.00. The van der Waals surface area contributed by atoms with Crippen molar-refractivity contribution < 1.29 is 14.3 Å². The fourth-order valence-electron chi connectivity index (χ4n) is 2.95. The van der Waals surface area contributed by atoms with Crippen LogP contribution in [0.5, 0.6) is 5.75 Å². The van der Waals surface area contributed by atoms with Gasteiger partial charge in [0.15, 0.2) is 5.60 Å². The number of likely N-dealkylation sites (tertiary alicyclic amines) is 1. The number of hydrogen-bond donors (Lipinski definition) is 1. The van der Waals surface area contributed by atoms with Gasteiger partial charge >= 0.3 is 0 Å². The highest BCUT2D eigenvalue weighted by Crippen LogP contribution is 2.38. The molecule has 0 bridgehead atoms. The van der Waals surface area contributed by atoms with Crippen LogP contribution in [-0.4, -0.2) is 41.9 Å². The van der Waals surface area contributed by atoms with E-state index in [9.17, 15) is 9.59 Å². The number of nitrogens with zero attached hydrogens (tertiary/aromatic N) is 2. The summed E-state index contributed by atoms with van der Waals surface area (Å²) in [7, 11) is 0. The van der Waals surface area contributed by atoms with Gasteiger partial charge < -0.3 is 15.4 Å². The van der Waals surface area contributed by atoms with Gasteiger partial charge in [0.1, 0.15) is 12.3 Å². The number of ether oxygens (including phenoxy) is 1. The number of nitrogen functional groups attached to an aromatic ring is 1. The van der Waals surface area contributed by atoms with E-state index in [1.165, 1.54) is 4.90 Å². The molecule has 6 nitrogen and oxygen atoms in total. The zero-order valence-corrected chi connectivity index (χ0v) is 13.0. The lowest BCUT2D eigenvalue weighted by molar-refractivity contribution is -0.136. The van der Waals surface area contributed by atoms with Crippen molar-refractivity contribution in [3.05, 3.63) is 18.2 Å². The van der Waals surface area contributed by atoms with Gasteiger partial charge in [0.25, 0.3) is 5.91 Å². The van der Waals surface area contributed by atoms with Crippen molar-refractivity contribution in [1.82, 2.24) is 4.90 Å². The molecule has 1 aromatic rings. The highest BCUT2D eigenvalue weighted by Gasteiger charge is 2.42. The number of amides is 2. The van der Waals surface area contributed by atoms with Crippen molar-refractivity contribution in [3.8, 4) is 5.75 Å². The average Bonchev–Trinajstić information content (AvgIpc) is 2.97. The lowest BCUT2D eigenvalue weighted by Gasteiger charge is -2.39. The molecular formula is C16H21N3O3. The van der Waals surface area contributed by atoms with Gasteiger partial charge in [0.05, 0.1) is 5.69 Å². The Balaban J connectivity index is 1.91. The molecule has 1 aromatic carbocycles. The Morgan fingerprint density at radius 3 is 2.68 bits per heavy atom. The predicted molar refractivity (Wildman–Crippen MR) is 83.7 cm³/mol. The van der Waals surface area contributed by atoms with E-state index in [2.05, 4.69) is 0 Å². The monoisotopic (exact) mass is 303 g/mol. The number of anilines is 2. The first-order valence-electron chi connectivity index (χ1n) is 7.57. The molecule has 0 atom stereocenters. The third kappa shape index (κ3) is 2.49. The lowest BCUT2D eigenvalue weighted by Crippen LogP contribution is -2.55. The van der Waals surface area contributed by atoms with Crippen LogP contribution in [0.2, 0.25) is 0 Å². The third-order valence-electron chi connectivity index (χ3n) is 4.15. The standard InChI is InChI=1S/C16H21N3O3/c1-16(2)15(21)19(10-14(20)18-7-3-4-8-18)12-6-5-11(17)9-13(12)22-16/h5-6,9H,3-4,7-8,10,17H2,1-2H3. The van der Waals surface area contributed by atoms with E-state index < -0.39 is 5.60 Å². The van der Waals surface area contributed by atoms with Crippen molar-refractivity contribution in [1.29, 1.82) is 0 Å². The van der Waals surface area contributed by atoms with Gasteiger partial charge in [-0.3, -0.25) is 14.5 Å². The predicted octanol–water partition coefficient (Wildman–Crippen LogP) is 1.40. The maximum atomic E-state index is 12.6. The quantitative estimate of drug-likeness (QED) is 0.838. The van der Waals surface area contributed by atoms with E-state index in [1.54, 1.807) is 32.0 Å². The van der Waals surface area contributed by atoms with Crippen molar-refractivity contribution in [2.75, 3.05) is 30.3 Å². The SMILES string of the molecule is CC1(C)Oc2cc(N)ccc2N(CC(=O)N2CCCC2)C1=O. The molecule has 3 rings (SSSR count). The first-order valence-corrected chi connectivity index (χ1v) is 7.57. The number of nitrogens with two attached hydrogens (primary N) is 1. The molecule has 0 radical (unpaired) electrons. The summed E-state index contributed by atoms with van der Waals surface area (Å²) < 4.78 is 5.75. The van der Waals surface area contributed by atoms with Crippen LogP contribution >= 0.6 is 0 Å². The number of rotatable bonds is 2. The molecule has 0 aliphatic carbocycles. The van der Waals surface area contributed by atoms with Gasteiger partial charge in [0, 0.05) is 24.8 Å². The largest absolute Gasteiger partial charge is 0.476 e. The molecule has 1 fully saturated rings. The van der Waals surface area contributed by atoms with Crippen LogP contribution < -0.4 is 15.4 Å². The Kier molecular flexibility index (Phi) is 3.47. The number of fused-ring (bicyclic) bond motifs is 1. The Hall–Kier alpha value is -2.24. The normalized spacial score (nSPS) is 19.8. The topological polar surface area (TPSA) is 75.9 Å². The smallest absolute Gasteiger partial charge is 0.271 e. The molecule has 22 heavy (non-hydrogen) atoms. The Morgan fingerprint density at radius 2 is 2.00 bits per heavy atom. The van der Waals surface area contributed by atoms with Gasteiger partial charge in [-0.2, -0.15) is 0 Å². The van der Waals surface area contributed by atoms with E-state index in [4.69, 9.17) is 10.5 Å². The summed E-state index contributed by atoms with van der Waals surface area (Å²) >= 11 is 0. The van der Waals surface area contributed by atoms with Gasteiger partial charge in [-0.15, -0.1) is 0 Å². The molecule has 2 N–H and O–H groups in total. The number of benzene rings is 1. The van der Waals surface area contributed by atoms with E-state index in [-0.39, 0.29) is 18.4 Å². The third-order valence-corrected chi connectivity index (χ3v) is 4.15. The highest BCUT2D eigenvalue weighted by molar-refractivity contribution is 6.05. The summed E-state index contributed by atoms with van der Waals surface area (Å²) in [6, 6.07) is 5.13. The summed E-state index contributed by atoms with van der Waals surface area (Å²) in [5, 5.41) is 0. The van der Waals surface area contributed by atoms with Crippen LogP contribution in [0.3, 0.4) is 0 Å². The zero-order chi connectivity index (χ0) is 15.9. The Bertz CT molecular complexity index is 621. The van der Waals surface area contributed by atoms with Gasteiger partial charge in [-0.25, -0.2) is 0 Å². The maximum absolute atomic E-state index is 12.6. The average molecular weight is 303 g/mol. The molecule has 2 amide bonds. The second kappa shape index (κ2) is 5.19. The van der Waals surface area contributed by atoms with Crippen molar-refractivity contribution in [3.63, 3.8) is 0 Å². The number of carbonyl (C=O) groups excluding carboxylic acids is 2. The molecule has 0 saturated carbocycles. The van der Waals surface area contributed by atoms with Crippen LogP contribution in [0.25, 0.3) is 0 Å². The first-order chi connectivity index (χ1) is 10.4. The maximum Gasteiger partial charge on any atom is 0.271 e. The summed E-state index contributed by atoms with van der Waals surface area (Å²) in [4.78, 5) is 28.4. The van der Waals surface area contributed by atoms with Crippen LogP contribution in [0.15, 0.2) is 18.2 Å². The lowest BCUT2D eigenvalue weighted by atomic mass is 10.0. The van der Waals surface area contributed by atoms with Crippen LogP contribution in [0.4, 0.5) is 11.4 Å². The van der Waals surface area contributed by atoms with Crippen LogP contribution in [0.1, 0.15) is 26.7 Å². The second-order valence-corrected chi connectivity index (χ2v) is 6.32. The van der Waals surface area contributed by atoms with Gasteiger partial charge in [-0.05, 0) is 38.8 Å². The Morgan fingerprint density at radius 1 is 1.32 bits per heavy atom. The molecule has 118 valence electrons.